The molecule has 3 rings (SSSR count). The Morgan fingerprint density at radius 1 is 1.39 bits per heavy atom. The molecule has 0 radical (unpaired) electrons. The van der Waals surface area contributed by atoms with Gasteiger partial charge >= 0.3 is 5.97 Å². The molecule has 2 heterocycles. The van der Waals surface area contributed by atoms with Gasteiger partial charge in [-0.25, -0.2) is 0 Å². The molecule has 2 aliphatic rings. The number of carboxylic acid groups (broad SMARTS) is 1. The summed E-state index contributed by atoms with van der Waals surface area (Å²) in [5, 5.41) is 10.7. The lowest BCUT2D eigenvalue weighted by molar-refractivity contribution is -0.143. The van der Waals surface area contributed by atoms with Crippen LogP contribution < -0.4 is 9.47 Å². The molecule has 0 saturated carbocycles. The lowest BCUT2D eigenvalue weighted by Crippen LogP contribution is -2.36. The number of nitrogens with zero attached hydrogens (tertiary/aromatic N) is 1. The Kier molecular flexibility index (Phi) is 5.11. The summed E-state index contributed by atoms with van der Waals surface area (Å²) in [5.74, 6) is 0.355. The maximum atomic E-state index is 12.0. The second kappa shape index (κ2) is 7.09. The van der Waals surface area contributed by atoms with Gasteiger partial charge in [-0.1, -0.05) is 35.3 Å². The lowest BCUT2D eigenvalue weighted by atomic mass is 9.84. The van der Waals surface area contributed by atoms with E-state index in [1.54, 1.807) is 0 Å². The van der Waals surface area contributed by atoms with Crippen LogP contribution in [0.3, 0.4) is 0 Å². The first-order chi connectivity index (χ1) is 11.2. The van der Waals surface area contributed by atoms with Crippen LogP contribution in [0, 0.1) is 5.92 Å². The van der Waals surface area contributed by atoms with E-state index in [2.05, 4.69) is 27.8 Å². The third-order valence-electron chi connectivity index (χ3n) is 4.81. The number of fused-ring (bicyclic) bond motifs is 1. The Labute approximate surface area is 144 Å². The molecule has 23 heavy (non-hydrogen) atoms. The van der Waals surface area contributed by atoms with Gasteiger partial charge in [0.15, 0.2) is 11.5 Å². The smallest absolute Gasteiger partial charge is 0.308 e. The van der Waals surface area contributed by atoms with Crippen LogP contribution in [0.2, 0.25) is 0 Å². The monoisotopic (exact) mass is 383 g/mol. The number of halogens is 1. The molecule has 1 N–H and O–H groups in total. The van der Waals surface area contributed by atoms with Crippen molar-refractivity contribution in [1.82, 2.24) is 4.90 Å². The van der Waals surface area contributed by atoms with Crippen molar-refractivity contribution >= 4 is 21.9 Å². The fourth-order valence-electron chi connectivity index (χ4n) is 3.81. The minimum Gasteiger partial charge on any atom is -0.481 e. The van der Waals surface area contributed by atoms with Crippen molar-refractivity contribution in [2.75, 3.05) is 25.2 Å². The van der Waals surface area contributed by atoms with Gasteiger partial charge in [0.25, 0.3) is 0 Å². The number of hydrogen-bond donors (Lipinski definition) is 1. The van der Waals surface area contributed by atoms with Gasteiger partial charge in [-0.3, -0.25) is 9.69 Å². The average Bonchev–Trinajstić information content (AvgIpc) is 3.12. The Bertz CT molecular complexity index is 580. The minimum atomic E-state index is -0.705. The van der Waals surface area contributed by atoms with Gasteiger partial charge < -0.3 is 14.6 Å². The van der Waals surface area contributed by atoms with E-state index in [1.807, 2.05) is 18.2 Å². The molecule has 0 bridgehead atoms. The van der Waals surface area contributed by atoms with Gasteiger partial charge in [-0.05, 0) is 24.1 Å². The number of carbonyl (C=O) groups is 1. The maximum absolute atomic E-state index is 12.0. The Morgan fingerprint density at radius 3 is 2.87 bits per heavy atom. The highest BCUT2D eigenvalue weighted by molar-refractivity contribution is 9.09. The van der Waals surface area contributed by atoms with Gasteiger partial charge in [0.2, 0.25) is 6.79 Å². The second-order valence-electron chi connectivity index (χ2n) is 6.12. The van der Waals surface area contributed by atoms with Crippen molar-refractivity contribution in [2.24, 2.45) is 5.92 Å². The van der Waals surface area contributed by atoms with E-state index in [4.69, 9.17) is 9.47 Å². The second-order valence-corrected chi connectivity index (χ2v) is 6.92. The molecule has 5 nitrogen and oxygen atoms in total. The Balaban J connectivity index is 1.91. The largest absolute Gasteiger partial charge is 0.481 e. The molecule has 3 atom stereocenters. The molecule has 1 aromatic rings. The van der Waals surface area contributed by atoms with Crippen molar-refractivity contribution in [1.29, 1.82) is 0 Å². The summed E-state index contributed by atoms with van der Waals surface area (Å²) in [4.78, 5) is 14.3. The van der Waals surface area contributed by atoms with Crippen molar-refractivity contribution in [3.05, 3.63) is 23.8 Å². The molecule has 126 valence electrons. The molecular formula is C17H22BrNO4. The van der Waals surface area contributed by atoms with Crippen molar-refractivity contribution in [3.8, 4) is 11.5 Å². The van der Waals surface area contributed by atoms with E-state index in [0.717, 1.165) is 48.3 Å². The van der Waals surface area contributed by atoms with Gasteiger partial charge in [0.1, 0.15) is 0 Å². The standard InChI is InChI=1S/C17H22BrNO4/c1-2-3-13-16(17(20)21)12(9-19(13)7-6-18)11-4-5-14-15(8-11)23-10-22-14/h4-5,8,12-13,16H,2-3,6-7,9-10H2,1H3,(H,20,21)/t12-,13-,16+/m1/s1. The summed E-state index contributed by atoms with van der Waals surface area (Å²) in [6.45, 7) is 3.99. The summed E-state index contributed by atoms with van der Waals surface area (Å²) >= 11 is 3.49. The lowest BCUT2D eigenvalue weighted by Gasteiger charge is -2.25. The predicted octanol–water partition coefficient (Wildman–Crippen LogP) is 3.08. The Morgan fingerprint density at radius 2 is 2.17 bits per heavy atom. The first-order valence-electron chi connectivity index (χ1n) is 8.08. The fraction of sp³-hybridized carbons (Fsp3) is 0.588. The highest BCUT2D eigenvalue weighted by Gasteiger charge is 2.45. The van der Waals surface area contributed by atoms with Crippen molar-refractivity contribution < 1.29 is 19.4 Å². The third-order valence-corrected chi connectivity index (χ3v) is 5.17. The van der Waals surface area contributed by atoms with E-state index in [9.17, 15) is 9.90 Å². The number of likely N-dealkylation sites (tertiary alicyclic amines) is 1. The first-order valence-corrected chi connectivity index (χ1v) is 9.20. The zero-order valence-corrected chi connectivity index (χ0v) is 14.8. The molecule has 1 fully saturated rings. The zero-order chi connectivity index (χ0) is 16.4. The number of rotatable bonds is 6. The number of aliphatic carboxylic acids is 1. The molecule has 6 heteroatoms. The molecule has 0 spiro atoms. The number of hydrogen-bond acceptors (Lipinski definition) is 4. The highest BCUT2D eigenvalue weighted by atomic mass is 79.9. The summed E-state index contributed by atoms with van der Waals surface area (Å²) in [7, 11) is 0. The molecule has 1 aromatic carbocycles. The van der Waals surface area contributed by atoms with Crippen LogP contribution in [-0.2, 0) is 4.79 Å². The minimum absolute atomic E-state index is 0.0161. The van der Waals surface area contributed by atoms with Crippen LogP contribution in [0.25, 0.3) is 0 Å². The fourth-order valence-corrected chi connectivity index (χ4v) is 4.27. The first kappa shape index (κ1) is 16.6. The van der Waals surface area contributed by atoms with Gasteiger partial charge in [-0.15, -0.1) is 0 Å². The van der Waals surface area contributed by atoms with Crippen molar-refractivity contribution in [2.45, 2.75) is 31.7 Å². The summed E-state index contributed by atoms with van der Waals surface area (Å²) in [5.41, 5.74) is 1.03. The van der Waals surface area contributed by atoms with E-state index in [-0.39, 0.29) is 24.7 Å². The molecular weight excluding hydrogens is 362 g/mol. The molecule has 1 saturated heterocycles. The quantitative estimate of drug-likeness (QED) is 0.764. The summed E-state index contributed by atoms with van der Waals surface area (Å²) in [6, 6.07) is 5.90. The molecule has 0 amide bonds. The number of carboxylic acids is 1. The number of ether oxygens (including phenoxy) is 2. The zero-order valence-electron chi connectivity index (χ0n) is 13.2. The number of benzene rings is 1. The van der Waals surface area contributed by atoms with E-state index < -0.39 is 5.97 Å². The van der Waals surface area contributed by atoms with Gasteiger partial charge in [0.05, 0.1) is 5.92 Å². The summed E-state index contributed by atoms with van der Waals surface area (Å²) in [6.07, 6.45) is 1.89. The van der Waals surface area contributed by atoms with Crippen LogP contribution in [0.15, 0.2) is 18.2 Å². The van der Waals surface area contributed by atoms with Crippen LogP contribution in [-0.4, -0.2) is 47.2 Å². The van der Waals surface area contributed by atoms with Crippen LogP contribution in [0.1, 0.15) is 31.2 Å². The predicted molar refractivity (Wildman–Crippen MR) is 90.5 cm³/mol. The number of alkyl halides is 1. The van der Waals surface area contributed by atoms with E-state index >= 15 is 0 Å². The molecule has 0 aromatic heterocycles. The maximum Gasteiger partial charge on any atom is 0.308 e. The van der Waals surface area contributed by atoms with E-state index in [1.165, 1.54) is 0 Å². The summed E-state index contributed by atoms with van der Waals surface area (Å²) < 4.78 is 10.8. The molecule has 0 unspecified atom stereocenters. The van der Waals surface area contributed by atoms with Gasteiger partial charge in [0, 0.05) is 30.4 Å². The van der Waals surface area contributed by atoms with Crippen LogP contribution in [0.4, 0.5) is 0 Å². The molecule has 2 aliphatic heterocycles. The van der Waals surface area contributed by atoms with Crippen LogP contribution >= 0.6 is 15.9 Å². The normalized spacial score (nSPS) is 26.6. The topological polar surface area (TPSA) is 59.0 Å². The SMILES string of the molecule is CCC[C@@H]1[C@@H](C(=O)O)[C@@H](c2ccc3c(c2)OCO3)CN1CCBr. The highest BCUT2D eigenvalue weighted by Crippen LogP contribution is 2.42. The third kappa shape index (κ3) is 3.19. The average molecular weight is 384 g/mol. The van der Waals surface area contributed by atoms with Crippen LogP contribution in [0.5, 0.6) is 11.5 Å². The Hall–Kier alpha value is -1.27. The van der Waals surface area contributed by atoms with Gasteiger partial charge in [-0.2, -0.15) is 0 Å². The van der Waals surface area contributed by atoms with E-state index in [0.29, 0.717) is 0 Å². The van der Waals surface area contributed by atoms with Crippen molar-refractivity contribution in [3.63, 3.8) is 0 Å². The molecule has 0 aliphatic carbocycles.